The quantitative estimate of drug-likeness (QED) is 0.837. The molecule has 1 aliphatic carbocycles. The zero-order valence-corrected chi connectivity index (χ0v) is 16.5. The fraction of sp³-hybridized carbons (Fsp3) is 0.391. The number of benzene rings is 2. The first-order valence-corrected chi connectivity index (χ1v) is 10.3. The molecule has 0 aromatic heterocycles. The largest absolute Gasteiger partial charge is 0.454 e. The number of fused-ring (bicyclic) bond motifs is 1. The van der Waals surface area contributed by atoms with Crippen molar-refractivity contribution in [1.29, 1.82) is 0 Å². The molecule has 5 rings (SSSR count). The third kappa shape index (κ3) is 3.72. The minimum absolute atomic E-state index is 0.0190. The lowest BCUT2D eigenvalue weighted by molar-refractivity contribution is -0.135. The predicted octanol–water partition coefficient (Wildman–Crippen LogP) is 3.54. The Labute approximate surface area is 174 Å². The molecule has 2 heterocycles. The van der Waals surface area contributed by atoms with E-state index >= 15 is 0 Å². The van der Waals surface area contributed by atoms with Gasteiger partial charge in [0, 0.05) is 36.7 Å². The third-order valence-corrected chi connectivity index (χ3v) is 6.22. The highest BCUT2D eigenvalue weighted by Crippen LogP contribution is 2.48. The Bertz CT molecular complexity index is 970. The molecule has 1 saturated heterocycles. The molecule has 30 heavy (non-hydrogen) atoms. The number of piperidine rings is 1. The van der Waals surface area contributed by atoms with Gasteiger partial charge in [-0.15, -0.1) is 0 Å². The number of rotatable bonds is 4. The maximum atomic E-state index is 13.1. The molecule has 2 unspecified atom stereocenters. The second kappa shape index (κ2) is 7.63. The second-order valence-corrected chi connectivity index (χ2v) is 8.16. The molecule has 2 aliphatic heterocycles. The van der Waals surface area contributed by atoms with Crippen molar-refractivity contribution in [1.82, 2.24) is 4.90 Å². The summed E-state index contributed by atoms with van der Waals surface area (Å²) in [5, 5.41) is 2.95. The molecule has 0 radical (unpaired) electrons. The van der Waals surface area contributed by atoms with Crippen molar-refractivity contribution >= 4 is 17.5 Å². The Kier molecular flexibility index (Phi) is 4.81. The molecule has 156 valence electrons. The van der Waals surface area contributed by atoms with Gasteiger partial charge in [-0.1, -0.05) is 12.1 Å². The number of hydrogen-bond donors (Lipinski definition) is 1. The van der Waals surface area contributed by atoms with Crippen LogP contribution in [-0.2, 0) is 9.59 Å². The molecule has 2 amide bonds. The number of nitrogens with one attached hydrogen (secondary N) is 1. The molecule has 1 N–H and O–H groups in total. The number of anilines is 1. The van der Waals surface area contributed by atoms with Crippen LogP contribution in [-0.4, -0.2) is 36.6 Å². The second-order valence-electron chi connectivity index (χ2n) is 8.16. The topological polar surface area (TPSA) is 67.9 Å². The van der Waals surface area contributed by atoms with Gasteiger partial charge in [0.1, 0.15) is 5.82 Å². The number of halogens is 1. The van der Waals surface area contributed by atoms with Crippen LogP contribution >= 0.6 is 0 Å². The summed E-state index contributed by atoms with van der Waals surface area (Å²) in [6.45, 7) is 1.37. The first kappa shape index (κ1) is 18.9. The molecule has 7 heteroatoms. The highest BCUT2D eigenvalue weighted by atomic mass is 19.1. The van der Waals surface area contributed by atoms with Crippen molar-refractivity contribution in [3.63, 3.8) is 0 Å². The highest BCUT2D eigenvalue weighted by molar-refractivity contribution is 5.93. The molecule has 2 fully saturated rings. The van der Waals surface area contributed by atoms with E-state index in [9.17, 15) is 14.0 Å². The van der Waals surface area contributed by atoms with Crippen molar-refractivity contribution in [3.8, 4) is 11.5 Å². The van der Waals surface area contributed by atoms with Gasteiger partial charge in [0.05, 0.1) is 0 Å². The monoisotopic (exact) mass is 410 g/mol. The fourth-order valence-corrected chi connectivity index (χ4v) is 4.36. The van der Waals surface area contributed by atoms with Gasteiger partial charge in [-0.3, -0.25) is 9.59 Å². The van der Waals surface area contributed by atoms with Crippen LogP contribution in [0.5, 0.6) is 11.5 Å². The van der Waals surface area contributed by atoms with Crippen molar-refractivity contribution < 1.29 is 23.5 Å². The number of amides is 2. The molecule has 2 aromatic carbocycles. The van der Waals surface area contributed by atoms with Crippen LogP contribution in [0, 0.1) is 17.7 Å². The van der Waals surface area contributed by atoms with Gasteiger partial charge in [-0.2, -0.15) is 0 Å². The first-order valence-electron chi connectivity index (χ1n) is 10.3. The fourth-order valence-electron chi connectivity index (χ4n) is 4.36. The Morgan fingerprint density at radius 1 is 1.00 bits per heavy atom. The number of likely N-dealkylation sites (tertiary alicyclic amines) is 1. The van der Waals surface area contributed by atoms with E-state index in [0.29, 0.717) is 43.1 Å². The summed E-state index contributed by atoms with van der Waals surface area (Å²) in [6, 6.07) is 11.8. The standard InChI is InChI=1S/C23H23FN2O4/c24-16-3-1-14(2-4-16)18-12-19(18)23(28)26-9-7-15(8-10-26)22(27)25-17-5-6-20-21(11-17)30-13-29-20/h1-6,11,15,18-19H,7-10,12-13H2,(H,25,27). The first-order chi connectivity index (χ1) is 14.6. The predicted molar refractivity (Wildman–Crippen MR) is 108 cm³/mol. The third-order valence-electron chi connectivity index (χ3n) is 6.22. The van der Waals surface area contributed by atoms with Crippen LogP contribution in [0.4, 0.5) is 10.1 Å². The van der Waals surface area contributed by atoms with E-state index in [4.69, 9.17) is 9.47 Å². The Balaban J connectivity index is 1.12. The number of nitrogens with zero attached hydrogens (tertiary/aromatic N) is 1. The lowest BCUT2D eigenvalue weighted by Gasteiger charge is -2.31. The summed E-state index contributed by atoms with van der Waals surface area (Å²) in [5.41, 5.74) is 1.70. The van der Waals surface area contributed by atoms with Gasteiger partial charge in [-0.25, -0.2) is 4.39 Å². The molecule has 0 spiro atoms. The van der Waals surface area contributed by atoms with Crippen molar-refractivity contribution in [2.45, 2.75) is 25.2 Å². The maximum Gasteiger partial charge on any atom is 0.231 e. The summed E-state index contributed by atoms with van der Waals surface area (Å²) in [4.78, 5) is 27.3. The zero-order valence-electron chi connectivity index (χ0n) is 16.5. The smallest absolute Gasteiger partial charge is 0.231 e. The number of carbonyl (C=O) groups excluding carboxylic acids is 2. The molecular formula is C23H23FN2O4. The molecular weight excluding hydrogens is 387 g/mol. The summed E-state index contributed by atoms with van der Waals surface area (Å²) >= 11 is 0. The van der Waals surface area contributed by atoms with Crippen LogP contribution < -0.4 is 14.8 Å². The van der Waals surface area contributed by atoms with Gasteiger partial charge < -0.3 is 19.7 Å². The number of hydrogen-bond acceptors (Lipinski definition) is 4. The Hall–Kier alpha value is -3.09. The van der Waals surface area contributed by atoms with Gasteiger partial charge in [-0.05, 0) is 55.0 Å². The lowest BCUT2D eigenvalue weighted by Crippen LogP contribution is -2.42. The minimum Gasteiger partial charge on any atom is -0.454 e. The summed E-state index contributed by atoms with van der Waals surface area (Å²) in [6.07, 6.45) is 2.11. The van der Waals surface area contributed by atoms with E-state index in [2.05, 4.69) is 5.32 Å². The molecule has 6 nitrogen and oxygen atoms in total. The van der Waals surface area contributed by atoms with Gasteiger partial charge >= 0.3 is 0 Å². The van der Waals surface area contributed by atoms with Crippen LogP contribution in [0.3, 0.4) is 0 Å². The number of carbonyl (C=O) groups is 2. The minimum atomic E-state index is -0.261. The maximum absolute atomic E-state index is 13.1. The summed E-state index contributed by atoms with van der Waals surface area (Å²) < 4.78 is 23.7. The number of ether oxygens (including phenoxy) is 2. The van der Waals surface area contributed by atoms with Crippen LogP contribution in [0.2, 0.25) is 0 Å². The van der Waals surface area contributed by atoms with Crippen LogP contribution in [0.25, 0.3) is 0 Å². The SMILES string of the molecule is O=C(Nc1ccc2c(c1)OCO2)C1CCN(C(=O)C2CC2c2ccc(F)cc2)CC1. The van der Waals surface area contributed by atoms with Gasteiger partial charge in [0.25, 0.3) is 0 Å². The van der Waals surface area contributed by atoms with Gasteiger partial charge in [0.15, 0.2) is 11.5 Å². The van der Waals surface area contributed by atoms with Crippen molar-refractivity contribution in [2.75, 3.05) is 25.2 Å². The van der Waals surface area contributed by atoms with Crippen molar-refractivity contribution in [2.24, 2.45) is 11.8 Å². The van der Waals surface area contributed by atoms with E-state index < -0.39 is 0 Å². The molecule has 3 aliphatic rings. The van der Waals surface area contributed by atoms with E-state index in [1.165, 1.54) is 12.1 Å². The van der Waals surface area contributed by atoms with E-state index in [1.54, 1.807) is 30.3 Å². The average molecular weight is 410 g/mol. The van der Waals surface area contributed by atoms with Crippen LogP contribution in [0.15, 0.2) is 42.5 Å². The molecule has 0 bridgehead atoms. The molecule has 1 saturated carbocycles. The highest BCUT2D eigenvalue weighted by Gasteiger charge is 2.46. The van der Waals surface area contributed by atoms with Gasteiger partial charge in [0.2, 0.25) is 18.6 Å². The van der Waals surface area contributed by atoms with E-state index in [1.807, 2.05) is 4.90 Å². The Morgan fingerprint density at radius 3 is 2.50 bits per heavy atom. The molecule has 2 atom stereocenters. The lowest BCUT2D eigenvalue weighted by atomic mass is 9.95. The Morgan fingerprint density at radius 2 is 1.73 bits per heavy atom. The normalized spacial score (nSPS) is 22.6. The average Bonchev–Trinajstić information content (AvgIpc) is 3.43. The van der Waals surface area contributed by atoms with Crippen LogP contribution in [0.1, 0.15) is 30.7 Å². The molecule has 2 aromatic rings. The summed E-state index contributed by atoms with van der Waals surface area (Å²) in [5.74, 6) is 1.22. The summed E-state index contributed by atoms with van der Waals surface area (Å²) in [7, 11) is 0. The van der Waals surface area contributed by atoms with E-state index in [0.717, 1.165) is 12.0 Å². The van der Waals surface area contributed by atoms with Crippen molar-refractivity contribution in [3.05, 3.63) is 53.8 Å². The van der Waals surface area contributed by atoms with E-state index in [-0.39, 0.29) is 42.2 Å². The zero-order chi connectivity index (χ0) is 20.7.